The Kier molecular flexibility index (Phi) is 12.6. The quantitative estimate of drug-likeness (QED) is 0.216. The highest BCUT2D eigenvalue weighted by atomic mass is 32.2. The number of carbonyl (C=O) groups excluding carboxylic acids is 2. The fourth-order valence-electron chi connectivity index (χ4n) is 8.47. The van der Waals surface area contributed by atoms with Crippen LogP contribution in [0.4, 0.5) is 26.3 Å². The van der Waals surface area contributed by atoms with E-state index in [1.165, 1.54) is 12.1 Å². The monoisotopic (exact) mass is 912 g/mol. The van der Waals surface area contributed by atoms with E-state index in [1.54, 1.807) is 0 Å². The van der Waals surface area contributed by atoms with Crippen molar-refractivity contribution >= 4 is 31.5 Å². The van der Waals surface area contributed by atoms with E-state index < -0.39 is 110 Å². The minimum atomic E-state index is -4.81. The molecule has 2 amide bonds. The molecule has 0 bridgehead atoms. The molecule has 6 aliphatic carbocycles. The van der Waals surface area contributed by atoms with Gasteiger partial charge in [-0.1, -0.05) is 24.3 Å². The third-order valence-electron chi connectivity index (χ3n) is 13.0. The van der Waals surface area contributed by atoms with E-state index in [0.717, 1.165) is 74.9 Å². The number of hydrogen-bond donors (Lipinski definition) is 2. The number of carbonyl (C=O) groups is 2. The van der Waals surface area contributed by atoms with Gasteiger partial charge in [0, 0.05) is 0 Å². The van der Waals surface area contributed by atoms with E-state index in [4.69, 9.17) is 9.47 Å². The third-order valence-corrected chi connectivity index (χ3v) is 17.4. The van der Waals surface area contributed by atoms with E-state index >= 15 is 0 Å². The molecule has 2 N–H and O–H groups in total. The maximum Gasteiger partial charge on any atom is 0.417 e. The van der Waals surface area contributed by atoms with Gasteiger partial charge in [0.25, 0.3) is 0 Å². The predicted octanol–water partition coefficient (Wildman–Crippen LogP) is 6.74. The number of nitrogens with zero attached hydrogens (tertiary/aromatic N) is 2. The highest BCUT2D eigenvalue weighted by molar-refractivity contribution is 7.92. The molecule has 6 atom stereocenters. The van der Waals surface area contributed by atoms with Crippen LogP contribution in [-0.4, -0.2) is 74.6 Å². The van der Waals surface area contributed by atoms with Gasteiger partial charge in [-0.15, -0.1) is 0 Å². The maximum atomic E-state index is 13.4. The van der Waals surface area contributed by atoms with Gasteiger partial charge in [0.15, 0.2) is 19.7 Å². The Morgan fingerprint density at radius 1 is 0.597 bits per heavy atom. The zero-order valence-corrected chi connectivity index (χ0v) is 35.0. The van der Waals surface area contributed by atoms with Crippen LogP contribution in [0, 0.1) is 34.5 Å². The molecule has 6 aliphatic rings. The van der Waals surface area contributed by atoms with Gasteiger partial charge < -0.3 is 20.1 Å². The zero-order valence-electron chi connectivity index (χ0n) is 33.4. The van der Waals surface area contributed by atoms with E-state index in [-0.39, 0.29) is 37.9 Å². The van der Waals surface area contributed by atoms with Crippen molar-refractivity contribution in [3.8, 4) is 12.1 Å². The molecule has 2 aromatic rings. The van der Waals surface area contributed by atoms with Gasteiger partial charge in [-0.2, -0.15) is 36.9 Å². The Bertz CT molecular complexity index is 2180. The minimum Gasteiger partial charge on any atom is -0.374 e. The highest BCUT2D eigenvalue weighted by Gasteiger charge is 2.54. The maximum absolute atomic E-state index is 13.4. The van der Waals surface area contributed by atoms with Crippen LogP contribution in [0.15, 0.2) is 58.3 Å². The molecule has 0 unspecified atom stereocenters. The molecule has 0 radical (unpaired) electrons. The molecule has 6 saturated carbocycles. The predicted molar refractivity (Wildman–Crippen MR) is 207 cm³/mol. The van der Waals surface area contributed by atoms with Crippen LogP contribution in [0.2, 0.25) is 0 Å². The molecule has 2 aromatic carbocycles. The number of alkyl halides is 6. The summed E-state index contributed by atoms with van der Waals surface area (Å²) in [5, 5.41) is 21.5. The second-order valence-corrected chi connectivity index (χ2v) is 21.7. The van der Waals surface area contributed by atoms with Crippen molar-refractivity contribution in [2.24, 2.45) is 11.8 Å². The molecule has 0 aromatic heterocycles. The van der Waals surface area contributed by atoms with Crippen LogP contribution < -0.4 is 10.6 Å². The average molecular weight is 913 g/mol. The summed E-state index contributed by atoms with van der Waals surface area (Å²) >= 11 is 0. The van der Waals surface area contributed by atoms with Gasteiger partial charge in [-0.3, -0.25) is 9.59 Å². The normalized spacial score (nSPS) is 27.9. The van der Waals surface area contributed by atoms with E-state index in [0.29, 0.717) is 25.7 Å². The second kappa shape index (κ2) is 17.0. The first kappa shape index (κ1) is 45.8. The van der Waals surface area contributed by atoms with Gasteiger partial charge in [-0.25, -0.2) is 16.8 Å². The van der Waals surface area contributed by atoms with Crippen molar-refractivity contribution < 1.29 is 62.2 Å². The van der Waals surface area contributed by atoms with Crippen molar-refractivity contribution in [2.45, 2.75) is 158 Å². The average Bonchev–Trinajstić information content (AvgIpc) is 4.04. The highest BCUT2D eigenvalue weighted by Crippen LogP contribution is 2.45. The number of benzene rings is 2. The Labute approximate surface area is 355 Å². The molecule has 0 heterocycles. The Morgan fingerprint density at radius 3 is 1.21 bits per heavy atom. The van der Waals surface area contributed by atoms with Crippen LogP contribution in [0.3, 0.4) is 0 Å². The standard InChI is InChI=1S/2C21H23F3N2O4S/c2*22-21(23,24)16-6-1-2-7-18(16)31(28,29)14-10-15(17(11-14)30-13-4-3-5-13)19(27)26-20(12-25)8-9-20/h2*1-2,6-7,13-15,17H,3-5,8-11H2,(H,26,27)/t2*14-,15-,17-/m10/s1. The molecule has 336 valence electrons. The summed E-state index contributed by atoms with van der Waals surface area (Å²) in [7, 11) is -8.71. The van der Waals surface area contributed by atoms with Gasteiger partial charge in [0.05, 0.1) is 79.8 Å². The Hall–Kier alpha value is -4.24. The van der Waals surface area contributed by atoms with Crippen LogP contribution >= 0.6 is 0 Å². The van der Waals surface area contributed by atoms with Crippen molar-refractivity contribution in [3.05, 3.63) is 59.7 Å². The van der Waals surface area contributed by atoms with E-state index in [2.05, 4.69) is 22.8 Å². The fraction of sp³-hybridized carbons (Fsp3) is 0.619. The molecule has 6 fully saturated rings. The van der Waals surface area contributed by atoms with Crippen LogP contribution in [0.5, 0.6) is 0 Å². The third kappa shape index (κ3) is 9.63. The number of hydrogen-bond acceptors (Lipinski definition) is 10. The first-order valence-electron chi connectivity index (χ1n) is 20.7. The van der Waals surface area contributed by atoms with Gasteiger partial charge >= 0.3 is 12.4 Å². The number of nitriles is 2. The number of rotatable bonds is 12. The summed E-state index contributed by atoms with van der Waals surface area (Å²) in [6.45, 7) is 0. The van der Waals surface area contributed by atoms with Crippen LogP contribution in [0.25, 0.3) is 0 Å². The van der Waals surface area contributed by atoms with Crippen molar-refractivity contribution in [3.63, 3.8) is 0 Å². The minimum absolute atomic E-state index is 0.0529. The molecule has 62 heavy (non-hydrogen) atoms. The van der Waals surface area contributed by atoms with Crippen LogP contribution in [-0.2, 0) is 51.1 Å². The van der Waals surface area contributed by atoms with Gasteiger partial charge in [-0.05, 0) is 114 Å². The summed E-state index contributed by atoms with van der Waals surface area (Å²) in [6.07, 6.45) is -4.30. The number of nitrogens with one attached hydrogen (secondary N) is 2. The molecule has 0 saturated heterocycles. The lowest BCUT2D eigenvalue weighted by molar-refractivity contribution is -0.140. The zero-order chi connectivity index (χ0) is 44.9. The topological polar surface area (TPSA) is 193 Å². The molecular formula is C42H46F6N4O8S2. The summed E-state index contributed by atoms with van der Waals surface area (Å²) in [6, 6.07) is 12.3. The van der Waals surface area contributed by atoms with E-state index in [1.807, 2.05) is 0 Å². The summed E-state index contributed by atoms with van der Waals surface area (Å²) in [4.78, 5) is 24.2. The van der Waals surface area contributed by atoms with Crippen molar-refractivity contribution in [1.29, 1.82) is 10.5 Å². The van der Waals surface area contributed by atoms with Crippen LogP contribution in [0.1, 0.15) is 101 Å². The van der Waals surface area contributed by atoms with Crippen molar-refractivity contribution in [2.75, 3.05) is 0 Å². The second-order valence-electron chi connectivity index (χ2n) is 17.3. The molecule has 12 nitrogen and oxygen atoms in total. The van der Waals surface area contributed by atoms with Gasteiger partial charge in [0.2, 0.25) is 11.8 Å². The van der Waals surface area contributed by atoms with Crippen molar-refractivity contribution in [1.82, 2.24) is 10.6 Å². The number of amides is 2. The number of ether oxygens (including phenoxy) is 2. The SMILES string of the molecule is N#CC1(NC(=O)[C@@H]2C[C@@H](S(=O)(=O)c3ccccc3C(F)(F)F)C[C@H]2OC2CCC2)CC1.N#CC1(NC(=O)[C@H]2C[C@H](S(=O)(=O)c3ccccc3C(F)(F)F)C[C@@H]2OC2CCC2)CC1. The Morgan fingerprint density at radius 2 is 0.935 bits per heavy atom. The first-order chi connectivity index (χ1) is 29.1. The number of halogens is 6. The molecule has 8 rings (SSSR count). The largest absolute Gasteiger partial charge is 0.417 e. The molecular weight excluding hydrogens is 867 g/mol. The van der Waals surface area contributed by atoms with E-state index in [9.17, 15) is 63.3 Å². The van der Waals surface area contributed by atoms with Gasteiger partial charge in [0.1, 0.15) is 11.1 Å². The molecule has 0 aliphatic heterocycles. The molecule has 0 spiro atoms. The molecule has 20 heteroatoms. The lowest BCUT2D eigenvalue weighted by atomic mass is 9.95. The fourth-order valence-corrected chi connectivity index (χ4v) is 12.5. The first-order valence-corrected chi connectivity index (χ1v) is 23.8. The number of sulfone groups is 2. The summed E-state index contributed by atoms with van der Waals surface area (Å²) in [5.74, 6) is -2.59. The summed E-state index contributed by atoms with van der Waals surface area (Å²) in [5.41, 5.74) is -4.25. The summed E-state index contributed by atoms with van der Waals surface area (Å²) < 4.78 is 145. The lowest BCUT2D eigenvalue weighted by Crippen LogP contribution is -2.43. The smallest absolute Gasteiger partial charge is 0.374 e. The Balaban J connectivity index is 0.000000186. The lowest BCUT2D eigenvalue weighted by Gasteiger charge is -2.31.